The number of methoxy groups -OCH3 is 2. The zero-order valence-electron chi connectivity index (χ0n) is 23.1. The van der Waals surface area contributed by atoms with Crippen LogP contribution < -0.4 is 19.1 Å². The number of sulfone groups is 1. The molecular formula is C28H36FN3O7S. The minimum absolute atomic E-state index is 0.00508. The molecule has 0 saturated carbocycles. The Kier molecular flexibility index (Phi) is 9.39. The van der Waals surface area contributed by atoms with Gasteiger partial charge in [-0.25, -0.2) is 17.6 Å². The van der Waals surface area contributed by atoms with E-state index in [0.29, 0.717) is 35.1 Å². The van der Waals surface area contributed by atoms with Crippen molar-refractivity contribution in [2.45, 2.75) is 32.7 Å². The zero-order valence-corrected chi connectivity index (χ0v) is 23.9. The summed E-state index contributed by atoms with van der Waals surface area (Å²) >= 11 is 0. The topological polar surface area (TPSA) is 106 Å². The first kappa shape index (κ1) is 29.4. The van der Waals surface area contributed by atoms with Gasteiger partial charge in [-0.2, -0.15) is 0 Å². The SMILES string of the molecule is CCCCCOc1cc(N2CC(C(=O)N3CCS(=O)(=O)C3)CN(Cc3cc(F)ccc3OC)C2=O)ccc1OC. The van der Waals surface area contributed by atoms with Crippen molar-refractivity contribution in [2.75, 3.05) is 57.0 Å². The van der Waals surface area contributed by atoms with Gasteiger partial charge in [0.05, 0.1) is 39.0 Å². The predicted molar refractivity (Wildman–Crippen MR) is 148 cm³/mol. The molecule has 0 aromatic heterocycles. The lowest BCUT2D eigenvalue weighted by atomic mass is 10.0. The third-order valence-electron chi connectivity index (χ3n) is 7.10. The van der Waals surface area contributed by atoms with Gasteiger partial charge in [-0.05, 0) is 36.8 Å². The lowest BCUT2D eigenvalue weighted by Gasteiger charge is -2.40. The fourth-order valence-corrected chi connectivity index (χ4v) is 6.34. The molecular weight excluding hydrogens is 541 g/mol. The number of nitrogens with zero attached hydrogens (tertiary/aromatic N) is 3. The lowest BCUT2D eigenvalue weighted by Crippen LogP contribution is -2.57. The normalized spacial score (nSPS) is 18.6. The van der Waals surface area contributed by atoms with Crippen LogP contribution in [0.1, 0.15) is 31.7 Å². The standard InChI is InChI=1S/C28H36FN3O7S/c1-4-5-6-12-39-26-15-23(8-10-25(26)38-3)32-18-21(27(33)30-11-13-40(35,36)19-30)17-31(28(32)34)16-20-14-22(29)7-9-24(20)37-2/h7-10,14-15,21H,4-6,11-13,16-19H2,1-3H3. The summed E-state index contributed by atoms with van der Waals surface area (Å²) in [7, 11) is -0.342. The van der Waals surface area contributed by atoms with Gasteiger partial charge in [-0.15, -0.1) is 0 Å². The Balaban J connectivity index is 1.65. The molecule has 2 aliphatic rings. The quantitative estimate of drug-likeness (QED) is 0.375. The van der Waals surface area contributed by atoms with Crippen molar-refractivity contribution in [1.82, 2.24) is 9.80 Å². The number of hydrogen-bond donors (Lipinski definition) is 0. The van der Waals surface area contributed by atoms with Crippen molar-refractivity contribution >= 4 is 27.5 Å². The van der Waals surface area contributed by atoms with Crippen LogP contribution in [0.2, 0.25) is 0 Å². The summed E-state index contributed by atoms with van der Waals surface area (Å²) in [5.41, 5.74) is 0.946. The van der Waals surface area contributed by atoms with Crippen molar-refractivity contribution in [3.63, 3.8) is 0 Å². The van der Waals surface area contributed by atoms with Crippen LogP contribution in [0.5, 0.6) is 17.2 Å². The molecule has 2 saturated heterocycles. The number of amides is 3. The Morgan fingerprint density at radius 1 is 1.02 bits per heavy atom. The van der Waals surface area contributed by atoms with E-state index in [2.05, 4.69) is 6.92 Å². The third kappa shape index (κ3) is 6.78. The van der Waals surface area contributed by atoms with Gasteiger partial charge in [-0.1, -0.05) is 19.8 Å². The second kappa shape index (κ2) is 12.8. The minimum Gasteiger partial charge on any atom is -0.496 e. The average Bonchev–Trinajstić information content (AvgIpc) is 3.31. The molecule has 40 heavy (non-hydrogen) atoms. The van der Waals surface area contributed by atoms with Gasteiger partial charge in [0.25, 0.3) is 0 Å². The number of hydrogen-bond acceptors (Lipinski definition) is 7. The fourth-order valence-electron chi connectivity index (χ4n) is 4.98. The highest BCUT2D eigenvalue weighted by molar-refractivity contribution is 7.91. The molecule has 2 aromatic carbocycles. The molecule has 2 fully saturated rings. The average molecular weight is 578 g/mol. The molecule has 218 valence electrons. The van der Waals surface area contributed by atoms with Crippen LogP contribution >= 0.6 is 0 Å². The van der Waals surface area contributed by atoms with Crippen LogP contribution in [0.15, 0.2) is 36.4 Å². The van der Waals surface area contributed by atoms with E-state index in [-0.39, 0.29) is 49.7 Å². The van der Waals surface area contributed by atoms with Crippen LogP contribution in [0.25, 0.3) is 0 Å². The first-order chi connectivity index (χ1) is 19.2. The lowest BCUT2D eigenvalue weighted by molar-refractivity contribution is -0.134. The molecule has 10 nitrogen and oxygen atoms in total. The van der Waals surface area contributed by atoms with Crippen molar-refractivity contribution in [3.8, 4) is 17.2 Å². The summed E-state index contributed by atoms with van der Waals surface area (Å²) in [5, 5.41) is 0. The Labute approximate surface area is 234 Å². The summed E-state index contributed by atoms with van der Waals surface area (Å²) in [6, 6.07) is 8.79. The second-order valence-corrected chi connectivity index (χ2v) is 12.1. The highest BCUT2D eigenvalue weighted by atomic mass is 32.2. The number of ether oxygens (including phenoxy) is 3. The molecule has 0 aliphatic carbocycles. The maximum absolute atomic E-state index is 14.1. The monoisotopic (exact) mass is 577 g/mol. The molecule has 3 amide bonds. The molecule has 1 atom stereocenters. The Morgan fingerprint density at radius 3 is 2.45 bits per heavy atom. The third-order valence-corrected chi connectivity index (χ3v) is 8.61. The number of carbonyl (C=O) groups is 2. The second-order valence-electron chi connectivity index (χ2n) is 10.00. The van der Waals surface area contributed by atoms with E-state index in [1.165, 1.54) is 47.1 Å². The van der Waals surface area contributed by atoms with E-state index in [1.807, 2.05) is 0 Å². The Bertz CT molecular complexity index is 1340. The number of urea groups is 1. The van der Waals surface area contributed by atoms with Gasteiger partial charge in [0, 0.05) is 37.0 Å². The van der Waals surface area contributed by atoms with Crippen LogP contribution in [-0.4, -0.2) is 82.2 Å². The van der Waals surface area contributed by atoms with Gasteiger partial charge in [0.1, 0.15) is 17.4 Å². The number of rotatable bonds is 11. The number of halogens is 1. The Hall–Kier alpha value is -3.54. The van der Waals surface area contributed by atoms with Gasteiger partial charge in [0.2, 0.25) is 5.91 Å². The molecule has 0 N–H and O–H groups in total. The smallest absolute Gasteiger partial charge is 0.324 e. The van der Waals surface area contributed by atoms with Gasteiger partial charge < -0.3 is 24.0 Å². The zero-order chi connectivity index (χ0) is 28.9. The molecule has 2 aromatic rings. The minimum atomic E-state index is -3.34. The highest BCUT2D eigenvalue weighted by Crippen LogP contribution is 2.35. The molecule has 2 heterocycles. The number of unbranched alkanes of at least 4 members (excludes halogenated alkanes) is 2. The summed E-state index contributed by atoms with van der Waals surface area (Å²) in [5.74, 6) is -0.566. The largest absolute Gasteiger partial charge is 0.496 e. The van der Waals surface area contributed by atoms with Crippen LogP contribution in [0.3, 0.4) is 0 Å². The molecule has 0 radical (unpaired) electrons. The van der Waals surface area contributed by atoms with E-state index in [9.17, 15) is 22.4 Å². The van der Waals surface area contributed by atoms with E-state index < -0.39 is 21.6 Å². The van der Waals surface area contributed by atoms with Crippen LogP contribution in [-0.2, 0) is 21.2 Å². The number of anilines is 1. The van der Waals surface area contributed by atoms with Gasteiger partial charge >= 0.3 is 6.03 Å². The van der Waals surface area contributed by atoms with Crippen molar-refractivity contribution in [3.05, 3.63) is 47.8 Å². The molecule has 0 bridgehead atoms. The first-order valence-electron chi connectivity index (χ1n) is 13.3. The predicted octanol–water partition coefficient (Wildman–Crippen LogP) is 3.68. The summed E-state index contributed by atoms with van der Waals surface area (Å²) in [4.78, 5) is 31.5. The van der Waals surface area contributed by atoms with Crippen molar-refractivity contribution in [1.29, 1.82) is 0 Å². The molecule has 1 unspecified atom stereocenters. The maximum Gasteiger partial charge on any atom is 0.324 e. The van der Waals surface area contributed by atoms with E-state index in [1.54, 1.807) is 18.2 Å². The van der Waals surface area contributed by atoms with Crippen LogP contribution in [0.4, 0.5) is 14.9 Å². The number of carbonyl (C=O) groups excluding carboxylic acids is 2. The first-order valence-corrected chi connectivity index (χ1v) is 15.2. The van der Waals surface area contributed by atoms with Crippen LogP contribution in [0, 0.1) is 11.7 Å². The summed E-state index contributed by atoms with van der Waals surface area (Å²) < 4.78 is 55.0. The summed E-state index contributed by atoms with van der Waals surface area (Å²) in [6.45, 7) is 2.78. The fraction of sp³-hybridized carbons (Fsp3) is 0.500. The maximum atomic E-state index is 14.1. The van der Waals surface area contributed by atoms with E-state index in [0.717, 1.165) is 19.3 Å². The van der Waals surface area contributed by atoms with E-state index >= 15 is 0 Å². The molecule has 4 rings (SSSR count). The Morgan fingerprint density at radius 2 is 1.77 bits per heavy atom. The van der Waals surface area contributed by atoms with Gasteiger partial charge in [0.15, 0.2) is 21.3 Å². The molecule has 2 aliphatic heterocycles. The number of benzene rings is 2. The summed E-state index contributed by atoms with van der Waals surface area (Å²) in [6.07, 6.45) is 2.93. The molecule has 12 heteroatoms. The van der Waals surface area contributed by atoms with Crippen molar-refractivity contribution in [2.24, 2.45) is 5.92 Å². The molecule has 0 spiro atoms. The van der Waals surface area contributed by atoms with E-state index in [4.69, 9.17) is 14.2 Å². The highest BCUT2D eigenvalue weighted by Gasteiger charge is 2.41. The van der Waals surface area contributed by atoms with Crippen molar-refractivity contribution < 1.29 is 36.6 Å². The van der Waals surface area contributed by atoms with Gasteiger partial charge in [-0.3, -0.25) is 9.69 Å².